The number of fused-ring (bicyclic) bond motifs is 1. The van der Waals surface area contributed by atoms with Gasteiger partial charge in [0.2, 0.25) is 5.95 Å². The Kier molecular flexibility index (Phi) is 3.39. The Morgan fingerprint density at radius 2 is 1.75 bits per heavy atom. The molecule has 100 valence electrons. The summed E-state index contributed by atoms with van der Waals surface area (Å²) in [6, 6.07) is 12.1. The summed E-state index contributed by atoms with van der Waals surface area (Å²) in [6.45, 7) is 0. The minimum absolute atomic E-state index is 0.175. The van der Waals surface area contributed by atoms with Gasteiger partial charge in [-0.2, -0.15) is 4.98 Å². The zero-order valence-electron chi connectivity index (χ0n) is 10.7. The quantitative estimate of drug-likeness (QED) is 0.718. The molecule has 0 aliphatic carbocycles. The first kappa shape index (κ1) is 12.7. The molecular formula is C14H13N5S. The van der Waals surface area contributed by atoms with Crippen molar-refractivity contribution in [2.45, 2.75) is 10.6 Å². The average Bonchev–Trinajstić information content (AvgIpc) is 2.46. The molecule has 0 atom stereocenters. The van der Waals surface area contributed by atoms with Gasteiger partial charge in [-0.3, -0.25) is 4.98 Å². The zero-order chi connectivity index (χ0) is 13.9. The maximum Gasteiger partial charge on any atom is 0.222 e. The normalized spacial score (nSPS) is 10.8. The molecule has 0 unspecified atom stereocenters. The van der Waals surface area contributed by atoms with Crippen LogP contribution in [0.15, 0.2) is 47.5 Å². The first-order chi connectivity index (χ1) is 9.74. The van der Waals surface area contributed by atoms with Gasteiger partial charge in [-0.15, -0.1) is 11.8 Å². The van der Waals surface area contributed by atoms with Crippen LogP contribution in [0, 0.1) is 0 Å². The third-order valence-corrected chi connectivity index (χ3v) is 3.91. The molecule has 4 N–H and O–H groups in total. The number of hydrogen-bond acceptors (Lipinski definition) is 6. The SMILES string of the molecule is Nc1nc(N)c2nccc(CSc3ccccc3)c2n1. The second kappa shape index (κ2) is 5.34. The largest absolute Gasteiger partial charge is 0.382 e. The van der Waals surface area contributed by atoms with Gasteiger partial charge in [0.05, 0.1) is 0 Å². The summed E-state index contributed by atoms with van der Waals surface area (Å²) in [6.07, 6.45) is 1.72. The number of benzene rings is 1. The van der Waals surface area contributed by atoms with Gasteiger partial charge in [0.1, 0.15) is 11.0 Å². The van der Waals surface area contributed by atoms with E-state index in [-0.39, 0.29) is 5.95 Å². The third-order valence-electron chi connectivity index (χ3n) is 2.85. The zero-order valence-corrected chi connectivity index (χ0v) is 11.5. The van der Waals surface area contributed by atoms with E-state index in [0.29, 0.717) is 11.3 Å². The molecular weight excluding hydrogens is 270 g/mol. The van der Waals surface area contributed by atoms with Crippen LogP contribution in [0.5, 0.6) is 0 Å². The highest BCUT2D eigenvalue weighted by Gasteiger charge is 2.09. The number of aromatic nitrogens is 3. The minimum Gasteiger partial charge on any atom is -0.382 e. The van der Waals surface area contributed by atoms with Gasteiger partial charge in [-0.25, -0.2) is 4.98 Å². The molecule has 2 heterocycles. The molecule has 3 aromatic rings. The third kappa shape index (κ3) is 2.50. The summed E-state index contributed by atoms with van der Waals surface area (Å²) in [7, 11) is 0. The van der Waals surface area contributed by atoms with Gasteiger partial charge in [-0.1, -0.05) is 18.2 Å². The number of rotatable bonds is 3. The lowest BCUT2D eigenvalue weighted by Gasteiger charge is -2.07. The Hall–Kier alpha value is -2.34. The maximum absolute atomic E-state index is 5.83. The number of nitrogen functional groups attached to an aromatic ring is 2. The number of thioether (sulfide) groups is 1. The Labute approximate surface area is 120 Å². The molecule has 0 aliphatic rings. The first-order valence-electron chi connectivity index (χ1n) is 6.08. The van der Waals surface area contributed by atoms with Crippen molar-refractivity contribution in [3.8, 4) is 0 Å². The van der Waals surface area contributed by atoms with E-state index in [1.165, 1.54) is 4.90 Å². The van der Waals surface area contributed by atoms with E-state index in [1.807, 2.05) is 24.3 Å². The molecule has 0 aliphatic heterocycles. The maximum atomic E-state index is 5.83. The smallest absolute Gasteiger partial charge is 0.222 e. The molecule has 0 saturated heterocycles. The van der Waals surface area contributed by atoms with Crippen molar-refractivity contribution in [2.24, 2.45) is 0 Å². The Balaban J connectivity index is 1.95. The van der Waals surface area contributed by atoms with Crippen LogP contribution in [-0.2, 0) is 5.75 Å². The van der Waals surface area contributed by atoms with Crippen LogP contribution in [0.3, 0.4) is 0 Å². The molecule has 0 fully saturated rings. The molecule has 0 bridgehead atoms. The molecule has 3 rings (SSSR count). The van der Waals surface area contributed by atoms with Crippen molar-refractivity contribution in [3.05, 3.63) is 48.2 Å². The van der Waals surface area contributed by atoms with Crippen LogP contribution >= 0.6 is 11.8 Å². The van der Waals surface area contributed by atoms with Crippen molar-refractivity contribution in [3.63, 3.8) is 0 Å². The molecule has 0 amide bonds. The summed E-state index contributed by atoms with van der Waals surface area (Å²) >= 11 is 1.73. The highest BCUT2D eigenvalue weighted by atomic mass is 32.2. The fourth-order valence-corrected chi connectivity index (χ4v) is 2.82. The second-order valence-electron chi connectivity index (χ2n) is 4.24. The summed E-state index contributed by atoms with van der Waals surface area (Å²) in [4.78, 5) is 13.6. The van der Waals surface area contributed by atoms with Crippen LogP contribution < -0.4 is 11.5 Å². The van der Waals surface area contributed by atoms with Crippen molar-refractivity contribution < 1.29 is 0 Å². The lowest BCUT2D eigenvalue weighted by atomic mass is 10.2. The average molecular weight is 283 g/mol. The number of nitrogens with zero attached hydrogens (tertiary/aromatic N) is 3. The topological polar surface area (TPSA) is 90.7 Å². The highest BCUT2D eigenvalue weighted by Crippen LogP contribution is 2.27. The van der Waals surface area contributed by atoms with Crippen molar-refractivity contribution in [2.75, 3.05) is 11.5 Å². The van der Waals surface area contributed by atoms with Gasteiger partial charge >= 0.3 is 0 Å². The molecule has 5 nitrogen and oxygen atoms in total. The van der Waals surface area contributed by atoms with E-state index in [9.17, 15) is 0 Å². The van der Waals surface area contributed by atoms with E-state index < -0.39 is 0 Å². The Morgan fingerprint density at radius 1 is 0.950 bits per heavy atom. The molecule has 0 saturated carbocycles. The monoisotopic (exact) mass is 283 g/mol. The summed E-state index contributed by atoms with van der Waals surface area (Å²) in [5.41, 5.74) is 13.9. The van der Waals surface area contributed by atoms with E-state index in [1.54, 1.807) is 18.0 Å². The lowest BCUT2D eigenvalue weighted by Crippen LogP contribution is -2.03. The van der Waals surface area contributed by atoms with Crippen LogP contribution in [0.1, 0.15) is 5.56 Å². The van der Waals surface area contributed by atoms with Crippen LogP contribution in [0.25, 0.3) is 11.0 Å². The standard InChI is InChI=1S/C14H13N5S/c15-13-12-11(18-14(16)19-13)9(6-7-17-12)8-20-10-4-2-1-3-5-10/h1-7H,8H2,(H4,15,16,18,19). The molecule has 6 heteroatoms. The van der Waals surface area contributed by atoms with Gasteiger partial charge in [0, 0.05) is 16.8 Å². The highest BCUT2D eigenvalue weighted by molar-refractivity contribution is 7.98. The molecule has 0 spiro atoms. The summed E-state index contributed by atoms with van der Waals surface area (Å²) in [5.74, 6) is 1.27. The van der Waals surface area contributed by atoms with Crippen LogP contribution in [0.4, 0.5) is 11.8 Å². The van der Waals surface area contributed by atoms with Crippen LogP contribution in [-0.4, -0.2) is 15.0 Å². The molecule has 20 heavy (non-hydrogen) atoms. The second-order valence-corrected chi connectivity index (χ2v) is 5.28. The van der Waals surface area contributed by atoms with E-state index >= 15 is 0 Å². The first-order valence-corrected chi connectivity index (χ1v) is 7.07. The van der Waals surface area contributed by atoms with Crippen molar-refractivity contribution >= 4 is 34.6 Å². The summed E-state index contributed by atoms with van der Waals surface area (Å²) in [5, 5.41) is 0. The van der Waals surface area contributed by atoms with Crippen molar-refractivity contribution in [1.82, 2.24) is 15.0 Å². The van der Waals surface area contributed by atoms with Gasteiger partial charge in [0.15, 0.2) is 5.82 Å². The van der Waals surface area contributed by atoms with Crippen molar-refractivity contribution in [1.29, 1.82) is 0 Å². The van der Waals surface area contributed by atoms with E-state index in [4.69, 9.17) is 11.5 Å². The number of hydrogen-bond donors (Lipinski definition) is 2. The fourth-order valence-electron chi connectivity index (χ4n) is 1.92. The molecule has 0 radical (unpaired) electrons. The van der Waals surface area contributed by atoms with E-state index in [2.05, 4.69) is 27.1 Å². The lowest BCUT2D eigenvalue weighted by molar-refractivity contribution is 1.20. The number of anilines is 2. The van der Waals surface area contributed by atoms with Gasteiger partial charge in [0.25, 0.3) is 0 Å². The predicted octanol–water partition coefficient (Wildman–Crippen LogP) is 2.48. The van der Waals surface area contributed by atoms with Crippen LogP contribution in [0.2, 0.25) is 0 Å². The fraction of sp³-hybridized carbons (Fsp3) is 0.0714. The Bertz CT molecular complexity index is 745. The predicted molar refractivity (Wildman–Crippen MR) is 82.2 cm³/mol. The van der Waals surface area contributed by atoms with E-state index in [0.717, 1.165) is 16.8 Å². The molecule has 1 aromatic carbocycles. The van der Waals surface area contributed by atoms with Gasteiger partial charge in [-0.05, 0) is 23.8 Å². The number of nitrogens with two attached hydrogens (primary N) is 2. The number of pyridine rings is 1. The summed E-state index contributed by atoms with van der Waals surface area (Å²) < 4.78 is 0. The Morgan fingerprint density at radius 3 is 2.55 bits per heavy atom. The minimum atomic E-state index is 0.175. The van der Waals surface area contributed by atoms with Gasteiger partial charge < -0.3 is 11.5 Å². The molecule has 2 aromatic heterocycles.